The minimum absolute atomic E-state index is 0.449. The highest BCUT2D eigenvalue weighted by atomic mass is 32.2. The van der Waals surface area contributed by atoms with Gasteiger partial charge in [-0.2, -0.15) is 0 Å². The molecule has 2 aromatic carbocycles. The Hall–Kier alpha value is -2.79. The molecule has 1 amide bonds. The van der Waals surface area contributed by atoms with Gasteiger partial charge in [-0.3, -0.25) is 4.98 Å². The monoisotopic (exact) mass is 336 g/mol. The highest BCUT2D eigenvalue weighted by molar-refractivity contribution is 7.98. The van der Waals surface area contributed by atoms with Crippen LogP contribution in [0.3, 0.4) is 0 Å². The fraction of sp³-hybridized carbons (Fsp3) is 0.0526. The third-order valence-electron chi connectivity index (χ3n) is 3.39. The maximum atomic E-state index is 11.3. The van der Waals surface area contributed by atoms with Crippen molar-refractivity contribution in [1.82, 2.24) is 4.98 Å². The van der Waals surface area contributed by atoms with Crippen LogP contribution < -0.4 is 10.5 Å². The van der Waals surface area contributed by atoms with Gasteiger partial charge < -0.3 is 10.5 Å². The predicted molar refractivity (Wildman–Crippen MR) is 95.9 cm³/mol. The molecular weight excluding hydrogens is 320 g/mol. The molecule has 5 heteroatoms. The zero-order valence-corrected chi connectivity index (χ0v) is 13.7. The minimum Gasteiger partial charge on any atom is -0.409 e. The van der Waals surface area contributed by atoms with Crippen LogP contribution in [0, 0.1) is 0 Å². The first kappa shape index (κ1) is 16.1. The number of carbonyl (C=O) groups excluding carboxylic acids is 1. The first-order valence-corrected chi connectivity index (χ1v) is 8.40. The van der Waals surface area contributed by atoms with Crippen LogP contribution in [0.15, 0.2) is 78.0 Å². The third-order valence-corrected chi connectivity index (χ3v) is 4.47. The summed E-state index contributed by atoms with van der Waals surface area (Å²) in [6, 6.07) is 19.7. The van der Waals surface area contributed by atoms with Gasteiger partial charge in [-0.1, -0.05) is 60.7 Å². The Labute approximate surface area is 144 Å². The van der Waals surface area contributed by atoms with Gasteiger partial charge in [-0.25, -0.2) is 4.79 Å². The fourth-order valence-electron chi connectivity index (χ4n) is 2.30. The average molecular weight is 336 g/mol. The van der Waals surface area contributed by atoms with E-state index in [2.05, 4.69) is 17.1 Å². The molecule has 0 saturated carbocycles. The van der Waals surface area contributed by atoms with Crippen molar-refractivity contribution in [3.05, 3.63) is 78.6 Å². The van der Waals surface area contributed by atoms with E-state index in [1.165, 1.54) is 5.56 Å². The van der Waals surface area contributed by atoms with Crippen LogP contribution in [0.4, 0.5) is 4.79 Å². The van der Waals surface area contributed by atoms with Gasteiger partial charge in [-0.05, 0) is 11.1 Å². The van der Waals surface area contributed by atoms with Gasteiger partial charge in [0.15, 0.2) is 5.75 Å². The molecular formula is C19H16N2O2S. The van der Waals surface area contributed by atoms with Crippen molar-refractivity contribution in [3.8, 4) is 16.9 Å². The van der Waals surface area contributed by atoms with Crippen molar-refractivity contribution in [2.24, 2.45) is 5.73 Å². The molecule has 0 bridgehead atoms. The zero-order chi connectivity index (χ0) is 16.8. The molecule has 0 saturated heterocycles. The molecule has 2 N–H and O–H groups in total. The topological polar surface area (TPSA) is 65.2 Å². The Morgan fingerprint density at radius 1 is 1.00 bits per heavy atom. The van der Waals surface area contributed by atoms with E-state index in [0.29, 0.717) is 5.75 Å². The molecule has 0 spiro atoms. The lowest BCUT2D eigenvalue weighted by atomic mass is 10.1. The highest BCUT2D eigenvalue weighted by Crippen LogP contribution is 2.38. The van der Waals surface area contributed by atoms with Gasteiger partial charge in [-0.15, -0.1) is 11.8 Å². The molecule has 0 unspecified atom stereocenters. The van der Waals surface area contributed by atoms with Crippen molar-refractivity contribution >= 4 is 17.9 Å². The van der Waals surface area contributed by atoms with Crippen LogP contribution in [0.25, 0.3) is 11.1 Å². The Morgan fingerprint density at radius 3 is 2.33 bits per heavy atom. The van der Waals surface area contributed by atoms with E-state index in [0.717, 1.165) is 21.8 Å². The first-order chi connectivity index (χ1) is 11.7. The van der Waals surface area contributed by atoms with E-state index < -0.39 is 6.09 Å². The summed E-state index contributed by atoms with van der Waals surface area (Å²) in [4.78, 5) is 16.4. The van der Waals surface area contributed by atoms with Gasteiger partial charge in [0.1, 0.15) is 0 Å². The van der Waals surface area contributed by atoms with Gasteiger partial charge >= 0.3 is 6.09 Å². The lowest BCUT2D eigenvalue weighted by Gasteiger charge is -2.13. The molecule has 3 aromatic rings. The number of amides is 1. The second-order valence-electron chi connectivity index (χ2n) is 5.08. The van der Waals surface area contributed by atoms with Crippen molar-refractivity contribution in [2.75, 3.05) is 0 Å². The predicted octanol–water partition coefficient (Wildman–Crippen LogP) is 4.50. The number of primary amides is 1. The van der Waals surface area contributed by atoms with Crippen molar-refractivity contribution in [1.29, 1.82) is 0 Å². The third kappa shape index (κ3) is 3.94. The first-order valence-electron chi connectivity index (χ1n) is 7.41. The summed E-state index contributed by atoms with van der Waals surface area (Å²) in [7, 11) is 0. The van der Waals surface area contributed by atoms with Crippen molar-refractivity contribution < 1.29 is 9.53 Å². The number of nitrogens with zero attached hydrogens (tertiary/aromatic N) is 1. The number of rotatable bonds is 5. The Bertz CT molecular complexity index is 823. The number of ether oxygens (including phenoxy) is 1. The van der Waals surface area contributed by atoms with Crippen LogP contribution in [-0.4, -0.2) is 11.1 Å². The molecule has 0 atom stereocenters. The normalized spacial score (nSPS) is 10.3. The summed E-state index contributed by atoms with van der Waals surface area (Å²) in [6.07, 6.45) is 2.54. The van der Waals surface area contributed by atoms with Gasteiger partial charge in [0, 0.05) is 23.7 Å². The molecule has 120 valence electrons. The van der Waals surface area contributed by atoms with Gasteiger partial charge in [0.05, 0.1) is 4.90 Å². The Morgan fingerprint density at radius 2 is 1.67 bits per heavy atom. The number of pyridine rings is 1. The minimum atomic E-state index is -0.833. The molecule has 3 rings (SSSR count). The summed E-state index contributed by atoms with van der Waals surface area (Å²) in [5.41, 5.74) is 8.10. The Balaban J connectivity index is 1.94. The quantitative estimate of drug-likeness (QED) is 0.697. The standard InChI is InChI=1S/C19H16N2O2S/c20-19(22)23-18-16(15-9-5-2-6-10-15)11-21-12-17(18)24-13-14-7-3-1-4-8-14/h1-12H,13H2,(H2,20,22). The van der Waals surface area contributed by atoms with E-state index in [1.807, 2.05) is 48.5 Å². The summed E-state index contributed by atoms with van der Waals surface area (Å²) >= 11 is 1.56. The number of nitrogens with two attached hydrogens (primary N) is 1. The summed E-state index contributed by atoms with van der Waals surface area (Å²) < 4.78 is 5.30. The van der Waals surface area contributed by atoms with Crippen LogP contribution in [0.5, 0.6) is 5.75 Å². The maximum Gasteiger partial charge on any atom is 0.410 e. The molecule has 0 aliphatic heterocycles. The fourth-order valence-corrected chi connectivity index (χ4v) is 3.23. The lowest BCUT2D eigenvalue weighted by Crippen LogP contribution is -2.17. The maximum absolute atomic E-state index is 11.3. The van der Waals surface area contributed by atoms with E-state index in [1.54, 1.807) is 24.2 Å². The average Bonchev–Trinajstić information content (AvgIpc) is 2.62. The van der Waals surface area contributed by atoms with Gasteiger partial charge in [0.25, 0.3) is 0 Å². The largest absolute Gasteiger partial charge is 0.410 e. The molecule has 24 heavy (non-hydrogen) atoms. The molecule has 1 aromatic heterocycles. The zero-order valence-electron chi connectivity index (χ0n) is 12.9. The van der Waals surface area contributed by atoms with Crippen LogP contribution in [0.1, 0.15) is 5.56 Å². The SMILES string of the molecule is NC(=O)Oc1c(SCc2ccccc2)cncc1-c1ccccc1. The van der Waals surface area contributed by atoms with Crippen LogP contribution >= 0.6 is 11.8 Å². The number of hydrogen-bond acceptors (Lipinski definition) is 4. The molecule has 1 heterocycles. The second-order valence-corrected chi connectivity index (χ2v) is 6.09. The number of benzene rings is 2. The highest BCUT2D eigenvalue weighted by Gasteiger charge is 2.15. The van der Waals surface area contributed by atoms with E-state index >= 15 is 0 Å². The molecule has 0 fully saturated rings. The number of carbonyl (C=O) groups is 1. The number of hydrogen-bond donors (Lipinski definition) is 1. The molecule has 0 aliphatic rings. The second kappa shape index (κ2) is 7.66. The summed E-state index contributed by atoms with van der Waals surface area (Å²) in [5, 5.41) is 0. The smallest absolute Gasteiger partial charge is 0.409 e. The lowest BCUT2D eigenvalue weighted by molar-refractivity contribution is 0.210. The molecule has 4 nitrogen and oxygen atoms in total. The van der Waals surface area contributed by atoms with Crippen LogP contribution in [0.2, 0.25) is 0 Å². The van der Waals surface area contributed by atoms with Gasteiger partial charge in [0.2, 0.25) is 0 Å². The Kier molecular flexibility index (Phi) is 5.13. The van der Waals surface area contributed by atoms with Crippen molar-refractivity contribution in [3.63, 3.8) is 0 Å². The molecule has 0 radical (unpaired) electrons. The summed E-state index contributed by atoms with van der Waals surface area (Å²) in [6.45, 7) is 0. The number of thioether (sulfide) groups is 1. The molecule has 0 aliphatic carbocycles. The van der Waals surface area contributed by atoms with E-state index in [4.69, 9.17) is 10.5 Å². The number of aromatic nitrogens is 1. The van der Waals surface area contributed by atoms with Crippen molar-refractivity contribution in [2.45, 2.75) is 10.6 Å². The summed E-state index contributed by atoms with van der Waals surface area (Å²) in [5.74, 6) is 1.19. The van der Waals surface area contributed by atoms with Crippen LogP contribution in [-0.2, 0) is 5.75 Å². The van der Waals surface area contributed by atoms with E-state index in [9.17, 15) is 4.79 Å². The van der Waals surface area contributed by atoms with E-state index in [-0.39, 0.29) is 0 Å².